The van der Waals surface area contributed by atoms with Gasteiger partial charge in [-0.15, -0.1) is 0 Å². The highest BCUT2D eigenvalue weighted by Crippen LogP contribution is 2.25. The molecule has 1 aliphatic rings. The fraction of sp³-hybridized carbons (Fsp3) is 0.462. The predicted octanol–water partition coefficient (Wildman–Crippen LogP) is 2.49. The molecule has 0 unspecified atom stereocenters. The van der Waals surface area contributed by atoms with Gasteiger partial charge >= 0.3 is 5.63 Å². The third-order valence-corrected chi connectivity index (χ3v) is 5.64. The summed E-state index contributed by atoms with van der Waals surface area (Å²) in [5.41, 5.74) is -0.202. The number of fused-ring (bicyclic) bond motifs is 3. The van der Waals surface area contributed by atoms with Crippen molar-refractivity contribution in [1.29, 1.82) is 0 Å². The summed E-state index contributed by atoms with van der Waals surface area (Å²) < 4.78 is 33.2. The minimum absolute atomic E-state index is 0.0124. The number of rotatable bonds is 1. The van der Waals surface area contributed by atoms with E-state index in [1.807, 2.05) is 36.4 Å². The van der Waals surface area contributed by atoms with Crippen LogP contribution in [0.15, 0.2) is 51.7 Å². The molecule has 9 heteroatoms. The molecule has 0 N–H and O–H groups in total. The molecule has 0 saturated carbocycles. The van der Waals surface area contributed by atoms with Crippen molar-refractivity contribution in [1.82, 2.24) is 4.90 Å². The van der Waals surface area contributed by atoms with Crippen molar-refractivity contribution in [3.63, 3.8) is 0 Å². The first-order chi connectivity index (χ1) is 17.2. The molecule has 2 aromatic carbocycles. The van der Waals surface area contributed by atoms with Gasteiger partial charge in [0.1, 0.15) is 11.1 Å². The zero-order chi connectivity index (χ0) is 24.3. The summed E-state index contributed by atoms with van der Waals surface area (Å²) >= 11 is 0. The third-order valence-electron chi connectivity index (χ3n) is 5.64. The Morgan fingerprint density at radius 1 is 0.657 bits per heavy atom. The molecule has 0 bridgehead atoms. The molecule has 0 spiro atoms. The van der Waals surface area contributed by atoms with E-state index in [-0.39, 0.29) is 5.56 Å². The van der Waals surface area contributed by atoms with Crippen molar-refractivity contribution >= 4 is 27.6 Å². The first kappa shape index (κ1) is 25.3. The second kappa shape index (κ2) is 13.3. The van der Waals surface area contributed by atoms with E-state index in [1.54, 1.807) is 11.0 Å². The van der Waals surface area contributed by atoms with Crippen LogP contribution in [0.1, 0.15) is 10.4 Å². The highest BCUT2D eigenvalue weighted by Gasteiger charge is 2.21. The number of carbonyl (C=O) groups excluding carboxylic acids is 1. The second-order valence-corrected chi connectivity index (χ2v) is 8.01. The molecular weight excluding hydrogens is 454 g/mol. The summed E-state index contributed by atoms with van der Waals surface area (Å²) in [6, 6.07) is 13.1. The van der Waals surface area contributed by atoms with Gasteiger partial charge in [0.15, 0.2) is 0 Å². The van der Waals surface area contributed by atoms with E-state index < -0.39 is 11.5 Å². The highest BCUT2D eigenvalue weighted by atomic mass is 16.6. The van der Waals surface area contributed by atoms with E-state index in [9.17, 15) is 9.59 Å². The summed E-state index contributed by atoms with van der Waals surface area (Å²) in [6.45, 7) is 4.80. The fourth-order valence-corrected chi connectivity index (χ4v) is 3.82. The first-order valence-electron chi connectivity index (χ1n) is 11.9. The number of carbonyl (C=O) groups is 1. The van der Waals surface area contributed by atoms with Crippen molar-refractivity contribution in [2.45, 2.75) is 0 Å². The normalized spacial score (nSPS) is 18.2. The van der Waals surface area contributed by atoms with Crippen molar-refractivity contribution in [2.75, 3.05) is 79.2 Å². The van der Waals surface area contributed by atoms with Crippen LogP contribution in [0.3, 0.4) is 0 Å². The van der Waals surface area contributed by atoms with Crippen molar-refractivity contribution in [2.24, 2.45) is 0 Å². The number of benzene rings is 2. The van der Waals surface area contributed by atoms with Crippen LogP contribution in [-0.4, -0.2) is 90.0 Å². The Hall–Kier alpha value is -2.82. The SMILES string of the molecule is O=C(c1cc2ccc3ccccc3c2oc1=O)N1CCOCCOCCOCCOCCOCC1. The van der Waals surface area contributed by atoms with Crippen LogP contribution in [0, 0.1) is 0 Å². The average molecular weight is 486 g/mol. The number of hydrogen-bond donors (Lipinski definition) is 0. The topological polar surface area (TPSA) is 96.7 Å². The zero-order valence-electron chi connectivity index (χ0n) is 19.7. The molecule has 1 saturated heterocycles. The second-order valence-electron chi connectivity index (χ2n) is 8.01. The minimum atomic E-state index is -0.663. The average Bonchev–Trinajstić information content (AvgIpc) is 2.88. The Kier molecular flexibility index (Phi) is 9.62. The highest BCUT2D eigenvalue weighted by molar-refractivity contribution is 6.06. The Morgan fingerprint density at radius 2 is 1.17 bits per heavy atom. The van der Waals surface area contributed by atoms with Gasteiger partial charge in [0.2, 0.25) is 0 Å². The largest absolute Gasteiger partial charge is 0.421 e. The number of nitrogens with zero attached hydrogens (tertiary/aromatic N) is 1. The van der Waals surface area contributed by atoms with Gasteiger partial charge in [-0.25, -0.2) is 4.79 Å². The molecule has 1 aromatic heterocycles. The van der Waals surface area contributed by atoms with Gasteiger partial charge < -0.3 is 33.0 Å². The van der Waals surface area contributed by atoms with Crippen molar-refractivity contribution in [3.05, 3.63) is 58.4 Å². The molecule has 1 aliphatic heterocycles. The number of ether oxygens (including phenoxy) is 5. The molecule has 4 rings (SSSR count). The predicted molar refractivity (Wildman–Crippen MR) is 130 cm³/mol. The van der Waals surface area contributed by atoms with Crippen LogP contribution in [0.2, 0.25) is 0 Å². The van der Waals surface area contributed by atoms with Crippen LogP contribution in [0.5, 0.6) is 0 Å². The molecule has 0 radical (unpaired) electrons. The molecule has 0 aliphatic carbocycles. The molecule has 1 amide bonds. The van der Waals surface area contributed by atoms with Crippen LogP contribution in [0.4, 0.5) is 0 Å². The Morgan fingerprint density at radius 3 is 1.77 bits per heavy atom. The summed E-state index contributed by atoms with van der Waals surface area (Å²) in [5.74, 6) is -0.417. The lowest BCUT2D eigenvalue weighted by molar-refractivity contribution is -0.0176. The van der Waals surface area contributed by atoms with E-state index in [0.717, 1.165) is 10.8 Å². The molecule has 35 heavy (non-hydrogen) atoms. The Labute approximate surface area is 203 Å². The van der Waals surface area contributed by atoms with Crippen LogP contribution in [-0.2, 0) is 23.7 Å². The van der Waals surface area contributed by atoms with Gasteiger partial charge in [-0.2, -0.15) is 0 Å². The van der Waals surface area contributed by atoms with Crippen LogP contribution in [0.25, 0.3) is 21.7 Å². The molecule has 188 valence electrons. The van der Waals surface area contributed by atoms with Gasteiger partial charge in [-0.05, 0) is 11.5 Å². The third kappa shape index (κ3) is 7.09. The first-order valence-corrected chi connectivity index (χ1v) is 11.9. The summed E-state index contributed by atoms with van der Waals surface area (Å²) in [5, 5.41) is 2.49. The van der Waals surface area contributed by atoms with Gasteiger partial charge in [0, 0.05) is 23.9 Å². The molecule has 0 atom stereocenters. The van der Waals surface area contributed by atoms with Gasteiger partial charge in [-0.1, -0.05) is 36.4 Å². The quantitative estimate of drug-likeness (QED) is 0.383. The van der Waals surface area contributed by atoms with Crippen LogP contribution < -0.4 is 5.63 Å². The van der Waals surface area contributed by atoms with E-state index >= 15 is 0 Å². The standard InChI is InChI=1S/C26H31NO8/c28-25(23-19-21-6-5-20-3-1-2-4-22(20)24(21)35-26(23)29)27-7-9-30-11-13-32-15-17-34-18-16-33-14-12-31-10-8-27/h1-6,19H,7-18H2. The Bertz CT molecular complexity index is 1140. The number of amides is 1. The maximum absolute atomic E-state index is 13.3. The zero-order valence-corrected chi connectivity index (χ0v) is 19.7. The summed E-state index contributed by atoms with van der Waals surface area (Å²) in [6.07, 6.45) is 0. The lowest BCUT2D eigenvalue weighted by atomic mass is 10.1. The monoisotopic (exact) mass is 485 g/mol. The Balaban J connectivity index is 1.47. The number of hydrogen-bond acceptors (Lipinski definition) is 8. The molecule has 1 fully saturated rings. The summed E-state index contributed by atoms with van der Waals surface area (Å²) in [4.78, 5) is 27.7. The maximum Gasteiger partial charge on any atom is 0.349 e. The minimum Gasteiger partial charge on any atom is -0.421 e. The molecule has 3 aromatic rings. The molecule has 9 nitrogen and oxygen atoms in total. The maximum atomic E-state index is 13.3. The smallest absolute Gasteiger partial charge is 0.349 e. The lowest BCUT2D eigenvalue weighted by Gasteiger charge is -2.22. The van der Waals surface area contributed by atoms with Gasteiger partial charge in [-0.3, -0.25) is 4.79 Å². The van der Waals surface area contributed by atoms with Gasteiger partial charge in [0.25, 0.3) is 5.91 Å². The van der Waals surface area contributed by atoms with Crippen molar-refractivity contribution < 1.29 is 32.9 Å². The molecular formula is C26H31NO8. The van der Waals surface area contributed by atoms with Crippen LogP contribution >= 0.6 is 0 Å². The van der Waals surface area contributed by atoms with E-state index in [4.69, 9.17) is 28.1 Å². The summed E-state index contributed by atoms with van der Waals surface area (Å²) in [7, 11) is 0. The van der Waals surface area contributed by atoms with E-state index in [0.29, 0.717) is 90.1 Å². The fourth-order valence-electron chi connectivity index (χ4n) is 3.82. The van der Waals surface area contributed by atoms with Gasteiger partial charge in [0.05, 0.1) is 66.1 Å². The van der Waals surface area contributed by atoms with E-state index in [2.05, 4.69) is 0 Å². The molecule has 2 heterocycles. The lowest BCUT2D eigenvalue weighted by Crippen LogP contribution is -2.39. The van der Waals surface area contributed by atoms with E-state index in [1.165, 1.54) is 0 Å². The van der Waals surface area contributed by atoms with Crippen molar-refractivity contribution in [3.8, 4) is 0 Å².